The van der Waals surface area contributed by atoms with E-state index in [0.717, 1.165) is 12.1 Å². The minimum atomic E-state index is -1.12. The molecule has 0 radical (unpaired) electrons. The summed E-state index contributed by atoms with van der Waals surface area (Å²) in [6.45, 7) is 0. The first kappa shape index (κ1) is 9.86. The van der Waals surface area contributed by atoms with Crippen molar-refractivity contribution in [2.75, 3.05) is 0 Å². The van der Waals surface area contributed by atoms with Crippen LogP contribution >= 0.6 is 0 Å². The molecular weight excluding hydrogens is 186 g/mol. The molecule has 3 N–H and O–H groups in total. The molecule has 1 rings (SSSR count). The van der Waals surface area contributed by atoms with Crippen molar-refractivity contribution < 1.29 is 20.1 Å². The Morgan fingerprint density at radius 2 is 2.00 bits per heavy atom. The molecule has 72 valence electrons. The van der Waals surface area contributed by atoms with Crippen LogP contribution in [-0.4, -0.2) is 21.3 Å². The van der Waals surface area contributed by atoms with E-state index < -0.39 is 5.97 Å². The fraction of sp³-hybridized carbons (Fsp3) is 0.111. The number of benzene rings is 1. The van der Waals surface area contributed by atoms with Crippen LogP contribution in [0.1, 0.15) is 11.1 Å². The number of phenols is 2. The van der Waals surface area contributed by atoms with Crippen molar-refractivity contribution in [3.8, 4) is 17.6 Å². The topological polar surface area (TPSA) is 102 Å². The van der Waals surface area contributed by atoms with Crippen LogP contribution in [0.5, 0.6) is 11.5 Å². The third-order valence-corrected chi connectivity index (χ3v) is 1.66. The number of phenolic OH excluding ortho intramolecular Hbond substituents is 2. The first-order valence-corrected chi connectivity index (χ1v) is 3.71. The van der Waals surface area contributed by atoms with E-state index in [0.29, 0.717) is 0 Å². The summed E-state index contributed by atoms with van der Waals surface area (Å²) in [6, 6.07) is 3.79. The number of rotatable bonds is 2. The molecule has 0 aliphatic carbocycles. The van der Waals surface area contributed by atoms with Crippen LogP contribution in [0.25, 0.3) is 0 Å². The minimum Gasteiger partial charge on any atom is -0.508 e. The molecule has 0 atom stereocenters. The molecule has 0 fully saturated rings. The molecule has 0 spiro atoms. The first-order chi connectivity index (χ1) is 6.54. The summed E-state index contributed by atoms with van der Waals surface area (Å²) in [4.78, 5) is 10.3. The van der Waals surface area contributed by atoms with Gasteiger partial charge >= 0.3 is 5.97 Å². The molecule has 5 nitrogen and oxygen atoms in total. The van der Waals surface area contributed by atoms with Crippen LogP contribution in [0.2, 0.25) is 0 Å². The first-order valence-electron chi connectivity index (χ1n) is 3.71. The Morgan fingerprint density at radius 3 is 2.50 bits per heavy atom. The summed E-state index contributed by atoms with van der Waals surface area (Å²) in [5.74, 6) is -1.81. The van der Waals surface area contributed by atoms with Gasteiger partial charge in [0.2, 0.25) is 0 Å². The zero-order valence-electron chi connectivity index (χ0n) is 7.06. The summed E-state index contributed by atoms with van der Waals surface area (Å²) < 4.78 is 0. The molecule has 0 aliphatic heterocycles. The molecule has 0 aromatic heterocycles. The van der Waals surface area contributed by atoms with Crippen LogP contribution in [0.15, 0.2) is 12.1 Å². The summed E-state index contributed by atoms with van der Waals surface area (Å²) >= 11 is 0. The van der Waals surface area contributed by atoms with Crippen molar-refractivity contribution in [3.05, 3.63) is 23.3 Å². The Hall–Kier alpha value is -2.22. The average molecular weight is 193 g/mol. The summed E-state index contributed by atoms with van der Waals surface area (Å²) in [7, 11) is 0. The number of hydrogen-bond acceptors (Lipinski definition) is 4. The highest BCUT2D eigenvalue weighted by molar-refractivity contribution is 5.72. The second-order valence-electron chi connectivity index (χ2n) is 2.68. The van der Waals surface area contributed by atoms with Gasteiger partial charge in [-0.15, -0.1) is 0 Å². The van der Waals surface area contributed by atoms with Gasteiger partial charge in [-0.05, 0) is 6.07 Å². The molecule has 0 heterocycles. The van der Waals surface area contributed by atoms with E-state index in [2.05, 4.69) is 0 Å². The van der Waals surface area contributed by atoms with Crippen LogP contribution in [0.4, 0.5) is 0 Å². The van der Waals surface area contributed by atoms with E-state index in [4.69, 9.17) is 15.5 Å². The van der Waals surface area contributed by atoms with Gasteiger partial charge in [0, 0.05) is 11.6 Å². The lowest BCUT2D eigenvalue weighted by atomic mass is 10.1. The Bertz CT molecular complexity index is 420. The maximum absolute atomic E-state index is 10.3. The summed E-state index contributed by atoms with van der Waals surface area (Å²) in [5, 5.41) is 35.3. The lowest BCUT2D eigenvalue weighted by Gasteiger charge is -2.03. The summed E-state index contributed by atoms with van der Waals surface area (Å²) in [6.07, 6.45) is -0.388. The number of carbonyl (C=O) groups is 1. The van der Waals surface area contributed by atoms with Crippen molar-refractivity contribution >= 4 is 5.97 Å². The van der Waals surface area contributed by atoms with Gasteiger partial charge in [0.05, 0.1) is 12.0 Å². The van der Waals surface area contributed by atoms with E-state index in [1.54, 1.807) is 6.07 Å². The molecule has 1 aromatic carbocycles. The Morgan fingerprint density at radius 1 is 1.36 bits per heavy atom. The highest BCUT2D eigenvalue weighted by Crippen LogP contribution is 2.27. The van der Waals surface area contributed by atoms with Gasteiger partial charge in [-0.1, -0.05) is 0 Å². The lowest BCUT2D eigenvalue weighted by Crippen LogP contribution is -2.00. The molecule has 0 amide bonds. The van der Waals surface area contributed by atoms with Crippen molar-refractivity contribution in [2.45, 2.75) is 6.42 Å². The van der Waals surface area contributed by atoms with Crippen LogP contribution in [-0.2, 0) is 11.2 Å². The third-order valence-electron chi connectivity index (χ3n) is 1.66. The largest absolute Gasteiger partial charge is 0.508 e. The Balaban J connectivity index is 3.19. The zero-order chi connectivity index (χ0) is 10.7. The van der Waals surface area contributed by atoms with Crippen LogP contribution in [0, 0.1) is 11.3 Å². The number of hydrogen-bond donors (Lipinski definition) is 3. The SMILES string of the molecule is N#Cc1cc(CC(=O)O)c(O)cc1O. The van der Waals surface area contributed by atoms with Gasteiger partial charge in [0.1, 0.15) is 17.6 Å². The van der Waals surface area contributed by atoms with E-state index in [1.807, 2.05) is 0 Å². The number of carboxylic acids is 1. The standard InChI is InChI=1S/C9H7NO4/c10-4-6-1-5(2-9(13)14)7(11)3-8(6)12/h1,3,11-12H,2H2,(H,13,14). The van der Waals surface area contributed by atoms with Gasteiger partial charge in [0.25, 0.3) is 0 Å². The maximum Gasteiger partial charge on any atom is 0.307 e. The van der Waals surface area contributed by atoms with E-state index >= 15 is 0 Å². The molecule has 14 heavy (non-hydrogen) atoms. The second-order valence-corrected chi connectivity index (χ2v) is 2.68. The third kappa shape index (κ3) is 1.93. The smallest absolute Gasteiger partial charge is 0.307 e. The van der Waals surface area contributed by atoms with E-state index in [1.165, 1.54) is 0 Å². The fourth-order valence-electron chi connectivity index (χ4n) is 1.02. The van der Waals surface area contributed by atoms with Gasteiger partial charge < -0.3 is 15.3 Å². The molecule has 0 aliphatic rings. The van der Waals surface area contributed by atoms with Gasteiger partial charge in [-0.2, -0.15) is 5.26 Å². The van der Waals surface area contributed by atoms with Crippen molar-refractivity contribution in [1.82, 2.24) is 0 Å². The van der Waals surface area contributed by atoms with Gasteiger partial charge in [0.15, 0.2) is 0 Å². The summed E-state index contributed by atoms with van der Waals surface area (Å²) in [5.41, 5.74) is 0.0471. The predicted molar refractivity (Wildman–Crippen MR) is 45.8 cm³/mol. The van der Waals surface area contributed by atoms with Crippen molar-refractivity contribution in [3.63, 3.8) is 0 Å². The second kappa shape index (κ2) is 3.66. The predicted octanol–water partition coefficient (Wildman–Crippen LogP) is 0.597. The van der Waals surface area contributed by atoms with Crippen molar-refractivity contribution in [2.24, 2.45) is 0 Å². The van der Waals surface area contributed by atoms with E-state index in [9.17, 15) is 9.90 Å². The molecule has 0 saturated carbocycles. The fourth-order valence-corrected chi connectivity index (χ4v) is 1.02. The zero-order valence-corrected chi connectivity index (χ0v) is 7.06. The Kier molecular flexibility index (Phi) is 2.58. The maximum atomic E-state index is 10.3. The number of carboxylic acid groups (broad SMARTS) is 1. The molecule has 0 unspecified atom stereocenters. The molecule has 5 heteroatoms. The lowest BCUT2D eigenvalue weighted by molar-refractivity contribution is -0.136. The Labute approximate surface area is 79.5 Å². The molecule has 0 saturated heterocycles. The molecule has 0 bridgehead atoms. The highest BCUT2D eigenvalue weighted by atomic mass is 16.4. The molecule has 1 aromatic rings. The van der Waals surface area contributed by atoms with Crippen molar-refractivity contribution in [1.29, 1.82) is 5.26 Å². The van der Waals surface area contributed by atoms with Crippen LogP contribution in [0.3, 0.4) is 0 Å². The van der Waals surface area contributed by atoms with E-state index in [-0.39, 0.29) is 29.0 Å². The quantitative estimate of drug-likeness (QED) is 0.638. The number of aromatic hydroxyl groups is 2. The number of nitrogens with zero attached hydrogens (tertiary/aromatic N) is 1. The van der Waals surface area contributed by atoms with Gasteiger partial charge in [-0.3, -0.25) is 4.79 Å². The minimum absolute atomic E-state index is 0.0564. The monoisotopic (exact) mass is 193 g/mol. The normalized spacial score (nSPS) is 9.36. The average Bonchev–Trinajstić information content (AvgIpc) is 2.09. The van der Waals surface area contributed by atoms with Gasteiger partial charge in [-0.25, -0.2) is 0 Å². The number of aliphatic carboxylic acids is 1. The van der Waals surface area contributed by atoms with Crippen LogP contribution < -0.4 is 0 Å². The number of nitriles is 1. The highest BCUT2D eigenvalue weighted by Gasteiger charge is 2.10. The molecular formula is C9H7NO4.